The Morgan fingerprint density at radius 2 is 1.69 bits per heavy atom. The number of aliphatic hydroxyl groups excluding tert-OH is 1. The number of rotatable bonds is 13. The van der Waals surface area contributed by atoms with Crippen LogP contribution in [0.15, 0.2) is 113 Å². The number of anilines is 1. The molecule has 0 aliphatic heterocycles. The lowest BCUT2D eigenvalue weighted by Crippen LogP contribution is -2.23. The van der Waals surface area contributed by atoms with Crippen LogP contribution in [0.5, 0.6) is 5.75 Å². The number of aromatic nitrogens is 2. The number of alkyl halides is 3. The largest absolute Gasteiger partial charge is 0.484 e. The molecule has 0 bridgehead atoms. The molecule has 9 nitrogen and oxygen atoms in total. The Labute approximate surface area is 257 Å². The fraction of sp³-hybridized carbons (Fsp3) is 0.188. The van der Waals surface area contributed by atoms with Gasteiger partial charge in [0.2, 0.25) is 5.89 Å². The highest BCUT2D eigenvalue weighted by atomic mass is 32.2. The van der Waals surface area contributed by atoms with Crippen LogP contribution in [0.4, 0.5) is 18.9 Å². The number of pyridine rings is 1. The molecule has 0 amide bonds. The molecule has 1 atom stereocenters. The van der Waals surface area contributed by atoms with Gasteiger partial charge in [0, 0.05) is 35.8 Å². The van der Waals surface area contributed by atoms with Crippen molar-refractivity contribution in [3.05, 3.63) is 126 Å². The highest BCUT2D eigenvalue weighted by Gasteiger charge is 2.30. The van der Waals surface area contributed by atoms with Gasteiger partial charge in [-0.1, -0.05) is 30.3 Å². The van der Waals surface area contributed by atoms with Crippen molar-refractivity contribution in [2.75, 3.05) is 17.8 Å². The first-order valence-electron chi connectivity index (χ1n) is 13.8. The number of sulfonamides is 1. The summed E-state index contributed by atoms with van der Waals surface area (Å²) in [5.74, 6) is 0.426. The van der Waals surface area contributed by atoms with Crippen LogP contribution in [0.2, 0.25) is 0 Å². The Morgan fingerprint density at radius 3 is 2.36 bits per heavy atom. The van der Waals surface area contributed by atoms with E-state index in [2.05, 4.69) is 20.0 Å². The van der Waals surface area contributed by atoms with Crippen LogP contribution in [0.25, 0.3) is 11.3 Å². The number of benzene rings is 3. The Bertz CT molecular complexity index is 1780. The Hall–Kier alpha value is -4.72. The molecule has 234 valence electrons. The van der Waals surface area contributed by atoms with Crippen molar-refractivity contribution in [3.8, 4) is 17.0 Å². The molecule has 0 aliphatic rings. The van der Waals surface area contributed by atoms with E-state index in [1.54, 1.807) is 42.7 Å². The van der Waals surface area contributed by atoms with Crippen LogP contribution < -0.4 is 14.8 Å². The standard InChI is InChI=1S/C32H29F3N4O5S/c33-32(34,35)25-7-11-27(12-8-25)43-21-31-38-29(20-44-31)23-5-13-28(14-6-23)45(41,42)39-26-9-3-22(4-10-26)15-17-37-19-30(40)24-2-1-16-36-18-24/h1-14,16,18,20,30,37,39-40H,15,17,19,21H2/t30-/m0/s1. The lowest BCUT2D eigenvalue weighted by molar-refractivity contribution is -0.137. The van der Waals surface area contributed by atoms with Crippen LogP contribution >= 0.6 is 0 Å². The maximum Gasteiger partial charge on any atom is 0.416 e. The third kappa shape index (κ3) is 8.69. The average Bonchev–Trinajstić information content (AvgIpc) is 3.52. The molecule has 13 heteroatoms. The van der Waals surface area contributed by atoms with E-state index in [1.807, 2.05) is 18.2 Å². The number of hydrogen-bond acceptors (Lipinski definition) is 8. The lowest BCUT2D eigenvalue weighted by atomic mass is 10.1. The number of ether oxygens (including phenoxy) is 1. The summed E-state index contributed by atoms with van der Waals surface area (Å²) in [6, 6.07) is 21.0. The third-order valence-corrected chi connectivity index (χ3v) is 8.16. The second-order valence-electron chi connectivity index (χ2n) is 10.0. The molecule has 0 saturated heterocycles. The summed E-state index contributed by atoms with van der Waals surface area (Å²) < 4.78 is 77.5. The van der Waals surface area contributed by atoms with E-state index in [0.717, 1.165) is 23.3 Å². The summed E-state index contributed by atoms with van der Waals surface area (Å²) >= 11 is 0. The quantitative estimate of drug-likeness (QED) is 0.134. The molecule has 0 saturated carbocycles. The molecular formula is C32H29F3N4O5S. The predicted octanol–water partition coefficient (Wildman–Crippen LogP) is 6.00. The van der Waals surface area contributed by atoms with Gasteiger partial charge in [-0.2, -0.15) is 13.2 Å². The molecule has 0 aliphatic carbocycles. The Morgan fingerprint density at radius 1 is 0.956 bits per heavy atom. The monoisotopic (exact) mass is 638 g/mol. The van der Waals surface area contributed by atoms with Gasteiger partial charge in [-0.25, -0.2) is 13.4 Å². The minimum atomic E-state index is -4.43. The SMILES string of the molecule is O=S(=O)(Nc1ccc(CCNC[C@H](O)c2cccnc2)cc1)c1ccc(-c2coc(COc3ccc(C(F)(F)F)cc3)n2)cc1. The Balaban J connectivity index is 1.10. The zero-order valence-corrected chi connectivity index (χ0v) is 24.6. The molecule has 3 aromatic carbocycles. The maximum absolute atomic E-state index is 13.0. The van der Waals surface area contributed by atoms with Gasteiger partial charge in [0.15, 0.2) is 6.61 Å². The Kier molecular flexibility index (Phi) is 9.81. The second-order valence-corrected chi connectivity index (χ2v) is 11.7. The van der Waals surface area contributed by atoms with Gasteiger partial charge in [0.05, 0.1) is 16.6 Å². The fourth-order valence-corrected chi connectivity index (χ4v) is 5.37. The molecule has 5 rings (SSSR count). The first-order valence-corrected chi connectivity index (χ1v) is 15.3. The van der Waals surface area contributed by atoms with Crippen LogP contribution in [0.1, 0.15) is 28.7 Å². The molecule has 0 spiro atoms. The van der Waals surface area contributed by atoms with E-state index in [9.17, 15) is 26.7 Å². The maximum atomic E-state index is 13.0. The molecule has 0 radical (unpaired) electrons. The number of halogens is 3. The van der Waals surface area contributed by atoms with E-state index in [4.69, 9.17) is 9.15 Å². The van der Waals surface area contributed by atoms with Crippen LogP contribution in [-0.4, -0.2) is 36.6 Å². The number of hydrogen-bond donors (Lipinski definition) is 3. The summed E-state index contributed by atoms with van der Waals surface area (Å²) in [6.07, 6.45) is 0.272. The van der Waals surface area contributed by atoms with Crippen molar-refractivity contribution < 1.29 is 35.8 Å². The smallest absolute Gasteiger partial charge is 0.416 e. The number of nitrogens with zero attached hydrogens (tertiary/aromatic N) is 2. The van der Waals surface area contributed by atoms with Gasteiger partial charge in [0.25, 0.3) is 10.0 Å². The van der Waals surface area contributed by atoms with Gasteiger partial charge in [-0.05, 0) is 73.1 Å². The van der Waals surface area contributed by atoms with Crippen molar-refractivity contribution in [2.45, 2.75) is 30.2 Å². The van der Waals surface area contributed by atoms with Crippen LogP contribution in [0, 0.1) is 0 Å². The highest BCUT2D eigenvalue weighted by Crippen LogP contribution is 2.30. The van der Waals surface area contributed by atoms with Gasteiger partial charge >= 0.3 is 6.18 Å². The first kappa shape index (κ1) is 31.7. The molecule has 0 fully saturated rings. The van der Waals surface area contributed by atoms with Crippen molar-refractivity contribution in [3.63, 3.8) is 0 Å². The van der Waals surface area contributed by atoms with Crippen LogP contribution in [-0.2, 0) is 29.2 Å². The van der Waals surface area contributed by atoms with E-state index in [-0.39, 0.29) is 23.1 Å². The van der Waals surface area contributed by atoms with Crippen molar-refractivity contribution >= 4 is 15.7 Å². The van der Waals surface area contributed by atoms with E-state index >= 15 is 0 Å². The molecule has 0 unspecified atom stereocenters. The summed E-state index contributed by atoms with van der Waals surface area (Å²) in [4.78, 5) is 8.37. The van der Waals surface area contributed by atoms with Gasteiger partial charge < -0.3 is 19.6 Å². The van der Waals surface area contributed by atoms with Crippen molar-refractivity contribution in [1.82, 2.24) is 15.3 Å². The molecule has 2 heterocycles. The van der Waals surface area contributed by atoms with E-state index in [1.165, 1.54) is 30.5 Å². The molecule has 2 aromatic heterocycles. The number of oxazole rings is 1. The molecule has 5 aromatic rings. The third-order valence-electron chi connectivity index (χ3n) is 6.76. The summed E-state index contributed by atoms with van der Waals surface area (Å²) in [6.45, 7) is 0.917. The number of nitrogens with one attached hydrogen (secondary N) is 2. The zero-order valence-electron chi connectivity index (χ0n) is 23.7. The van der Waals surface area contributed by atoms with Gasteiger partial charge in [-0.3, -0.25) is 9.71 Å². The molecule has 3 N–H and O–H groups in total. The summed E-state index contributed by atoms with van der Waals surface area (Å²) in [5.41, 5.74) is 2.42. The van der Waals surface area contributed by atoms with E-state index in [0.29, 0.717) is 36.5 Å². The minimum absolute atomic E-state index is 0.0565. The minimum Gasteiger partial charge on any atom is -0.484 e. The zero-order chi connectivity index (χ0) is 31.9. The van der Waals surface area contributed by atoms with Crippen LogP contribution in [0.3, 0.4) is 0 Å². The normalized spacial score (nSPS) is 12.5. The average molecular weight is 639 g/mol. The first-order chi connectivity index (χ1) is 21.6. The van der Waals surface area contributed by atoms with Gasteiger partial charge in [0.1, 0.15) is 17.7 Å². The molecule has 45 heavy (non-hydrogen) atoms. The topological polar surface area (TPSA) is 127 Å². The predicted molar refractivity (Wildman–Crippen MR) is 161 cm³/mol. The highest BCUT2D eigenvalue weighted by molar-refractivity contribution is 7.92. The van der Waals surface area contributed by atoms with E-state index < -0.39 is 27.9 Å². The van der Waals surface area contributed by atoms with Crippen molar-refractivity contribution in [1.29, 1.82) is 0 Å². The number of aliphatic hydroxyl groups is 1. The van der Waals surface area contributed by atoms with Crippen molar-refractivity contribution in [2.24, 2.45) is 0 Å². The summed E-state index contributed by atoms with van der Waals surface area (Å²) in [5, 5.41) is 13.4. The molecular weight excluding hydrogens is 609 g/mol. The summed E-state index contributed by atoms with van der Waals surface area (Å²) in [7, 11) is -3.86. The fourth-order valence-electron chi connectivity index (χ4n) is 4.32. The lowest BCUT2D eigenvalue weighted by Gasteiger charge is -2.12. The van der Waals surface area contributed by atoms with Gasteiger partial charge in [-0.15, -0.1) is 0 Å². The second kappa shape index (κ2) is 13.9.